The maximum Gasteiger partial charge on any atom is 0.148 e. The lowest BCUT2D eigenvalue weighted by atomic mass is 10.1. The van der Waals surface area contributed by atoms with Crippen LogP contribution in [0.25, 0.3) is 0 Å². The molecule has 0 fully saturated rings. The third kappa shape index (κ3) is 4.30. The Morgan fingerprint density at radius 2 is 1.95 bits per heavy atom. The second kappa shape index (κ2) is 7.20. The average molecular weight is 400 g/mol. The minimum Gasteiger partial charge on any atom is -0.486 e. The monoisotopic (exact) mass is 398 g/mol. The van der Waals surface area contributed by atoms with E-state index in [0.29, 0.717) is 6.61 Å². The first-order valence-corrected chi connectivity index (χ1v) is 7.90. The summed E-state index contributed by atoms with van der Waals surface area (Å²) >= 11 is 7.10. The van der Waals surface area contributed by atoms with Gasteiger partial charge in [0.05, 0.1) is 8.95 Å². The second-order valence-corrected chi connectivity index (χ2v) is 6.43. The average Bonchev–Trinajstić information content (AvgIpc) is 2.38. The van der Waals surface area contributed by atoms with Crippen LogP contribution in [-0.2, 0) is 13.0 Å². The molecule has 1 aromatic carbocycles. The number of ether oxygens (including phenoxy) is 1. The maximum atomic E-state index is 5.85. The van der Waals surface area contributed by atoms with E-state index < -0.39 is 0 Å². The van der Waals surface area contributed by atoms with Crippen LogP contribution in [0.4, 0.5) is 0 Å². The first-order valence-electron chi connectivity index (χ1n) is 6.31. The van der Waals surface area contributed by atoms with Crippen molar-refractivity contribution in [2.24, 2.45) is 5.73 Å². The molecule has 3 nitrogen and oxygen atoms in total. The van der Waals surface area contributed by atoms with Gasteiger partial charge < -0.3 is 10.5 Å². The van der Waals surface area contributed by atoms with Gasteiger partial charge in [0, 0.05) is 24.0 Å². The molecule has 1 aromatic heterocycles. The first kappa shape index (κ1) is 15.5. The van der Waals surface area contributed by atoms with Crippen molar-refractivity contribution in [1.29, 1.82) is 0 Å². The molecule has 0 aliphatic rings. The zero-order valence-corrected chi connectivity index (χ0v) is 14.3. The molecule has 106 valence electrons. The van der Waals surface area contributed by atoms with E-state index in [0.717, 1.165) is 26.7 Å². The van der Waals surface area contributed by atoms with Crippen molar-refractivity contribution >= 4 is 31.9 Å². The van der Waals surface area contributed by atoms with Crippen molar-refractivity contribution in [3.8, 4) is 5.75 Å². The second-order valence-electron chi connectivity index (χ2n) is 4.72. The lowest BCUT2D eigenvalue weighted by molar-refractivity contribution is 0.301. The summed E-state index contributed by atoms with van der Waals surface area (Å²) < 4.78 is 7.69. The van der Waals surface area contributed by atoms with E-state index in [1.165, 1.54) is 5.56 Å². The van der Waals surface area contributed by atoms with Gasteiger partial charge in [0.15, 0.2) is 0 Å². The summed E-state index contributed by atoms with van der Waals surface area (Å²) in [6.45, 7) is 2.48. The van der Waals surface area contributed by atoms with Gasteiger partial charge in [-0.05, 0) is 69.0 Å². The Labute approximate surface area is 135 Å². The van der Waals surface area contributed by atoms with Crippen LogP contribution in [0.15, 0.2) is 45.6 Å². The Hall–Kier alpha value is -0.910. The van der Waals surface area contributed by atoms with Crippen molar-refractivity contribution in [2.75, 3.05) is 0 Å². The highest BCUT2D eigenvalue weighted by atomic mass is 79.9. The fraction of sp³-hybridized carbons (Fsp3) is 0.267. The van der Waals surface area contributed by atoms with Crippen LogP contribution >= 0.6 is 31.9 Å². The van der Waals surface area contributed by atoms with E-state index in [9.17, 15) is 0 Å². The van der Waals surface area contributed by atoms with Gasteiger partial charge in [-0.2, -0.15) is 0 Å². The van der Waals surface area contributed by atoms with E-state index in [4.69, 9.17) is 10.5 Å². The summed E-state index contributed by atoms with van der Waals surface area (Å²) in [6.07, 6.45) is 4.38. The SMILES string of the molecule is CC(N)Cc1cc(Br)c(OCc2cccnc2)c(Br)c1. The molecule has 0 saturated carbocycles. The Morgan fingerprint density at radius 3 is 2.50 bits per heavy atom. The van der Waals surface area contributed by atoms with E-state index in [2.05, 4.69) is 36.8 Å². The summed E-state index contributed by atoms with van der Waals surface area (Å²) in [5.74, 6) is 0.794. The molecule has 2 N–H and O–H groups in total. The normalized spacial score (nSPS) is 12.2. The Bertz CT molecular complexity index is 550. The lowest BCUT2D eigenvalue weighted by Gasteiger charge is -2.13. The molecule has 0 saturated heterocycles. The number of hydrogen-bond donors (Lipinski definition) is 1. The van der Waals surface area contributed by atoms with Crippen molar-refractivity contribution in [1.82, 2.24) is 4.98 Å². The zero-order chi connectivity index (χ0) is 14.5. The fourth-order valence-electron chi connectivity index (χ4n) is 1.88. The van der Waals surface area contributed by atoms with Gasteiger partial charge >= 0.3 is 0 Å². The summed E-state index contributed by atoms with van der Waals surface area (Å²) in [5, 5.41) is 0. The smallest absolute Gasteiger partial charge is 0.148 e. The summed E-state index contributed by atoms with van der Waals surface area (Å²) in [7, 11) is 0. The molecule has 2 rings (SSSR count). The number of benzene rings is 1. The van der Waals surface area contributed by atoms with Crippen LogP contribution in [0.3, 0.4) is 0 Å². The van der Waals surface area contributed by atoms with Gasteiger partial charge in [-0.15, -0.1) is 0 Å². The summed E-state index contributed by atoms with van der Waals surface area (Å²) in [6, 6.07) is 8.11. The molecule has 0 aliphatic carbocycles. The molecular weight excluding hydrogens is 384 g/mol. The Morgan fingerprint density at radius 1 is 1.25 bits per heavy atom. The predicted octanol–water partition coefficient (Wildman–Crippen LogP) is 4.08. The van der Waals surface area contributed by atoms with E-state index >= 15 is 0 Å². The fourth-order valence-corrected chi connectivity index (χ4v) is 3.39. The molecule has 0 radical (unpaired) electrons. The topological polar surface area (TPSA) is 48.1 Å². The van der Waals surface area contributed by atoms with Crippen molar-refractivity contribution in [3.05, 3.63) is 56.7 Å². The third-order valence-corrected chi connectivity index (χ3v) is 3.90. The predicted molar refractivity (Wildman–Crippen MR) is 87.8 cm³/mol. The molecule has 1 unspecified atom stereocenters. The largest absolute Gasteiger partial charge is 0.486 e. The van der Waals surface area contributed by atoms with Crippen LogP contribution in [0.1, 0.15) is 18.1 Å². The van der Waals surface area contributed by atoms with Crippen molar-refractivity contribution in [3.63, 3.8) is 0 Å². The lowest BCUT2D eigenvalue weighted by Crippen LogP contribution is -2.17. The number of nitrogens with two attached hydrogens (primary N) is 1. The molecule has 5 heteroatoms. The molecule has 1 heterocycles. The Kier molecular flexibility index (Phi) is 5.57. The molecule has 0 aliphatic heterocycles. The van der Waals surface area contributed by atoms with Gasteiger partial charge in [0.1, 0.15) is 12.4 Å². The first-order chi connectivity index (χ1) is 9.56. The molecule has 0 amide bonds. The van der Waals surface area contributed by atoms with E-state index in [1.807, 2.05) is 31.2 Å². The number of rotatable bonds is 5. The quantitative estimate of drug-likeness (QED) is 0.823. The van der Waals surface area contributed by atoms with Crippen LogP contribution in [0.2, 0.25) is 0 Å². The van der Waals surface area contributed by atoms with Crippen molar-refractivity contribution < 1.29 is 4.74 Å². The molecule has 0 bridgehead atoms. The zero-order valence-electron chi connectivity index (χ0n) is 11.1. The summed E-state index contributed by atoms with van der Waals surface area (Å²) in [4.78, 5) is 4.07. The van der Waals surface area contributed by atoms with Crippen LogP contribution in [0, 0.1) is 0 Å². The molecule has 2 aromatic rings. The number of nitrogens with zero attached hydrogens (tertiary/aromatic N) is 1. The standard InChI is InChI=1S/C15H16Br2N2O/c1-10(18)5-12-6-13(16)15(14(17)7-12)20-9-11-3-2-4-19-8-11/h2-4,6-8,10H,5,9,18H2,1H3. The van der Waals surface area contributed by atoms with Crippen LogP contribution < -0.4 is 10.5 Å². The van der Waals surface area contributed by atoms with Gasteiger partial charge in [-0.1, -0.05) is 6.07 Å². The number of pyridine rings is 1. The highest BCUT2D eigenvalue weighted by Gasteiger charge is 2.10. The third-order valence-electron chi connectivity index (χ3n) is 2.72. The molecule has 1 atom stereocenters. The van der Waals surface area contributed by atoms with Crippen molar-refractivity contribution in [2.45, 2.75) is 26.0 Å². The van der Waals surface area contributed by atoms with Crippen LogP contribution in [0.5, 0.6) is 5.75 Å². The number of hydrogen-bond acceptors (Lipinski definition) is 3. The van der Waals surface area contributed by atoms with Gasteiger partial charge in [0.25, 0.3) is 0 Å². The van der Waals surface area contributed by atoms with Gasteiger partial charge in [-0.25, -0.2) is 0 Å². The maximum absolute atomic E-state index is 5.85. The Balaban J connectivity index is 2.12. The highest BCUT2D eigenvalue weighted by Crippen LogP contribution is 2.35. The minimum absolute atomic E-state index is 0.135. The van der Waals surface area contributed by atoms with E-state index in [-0.39, 0.29) is 6.04 Å². The minimum atomic E-state index is 0.135. The number of aromatic nitrogens is 1. The summed E-state index contributed by atoms with van der Waals surface area (Å²) in [5.41, 5.74) is 8.04. The van der Waals surface area contributed by atoms with Crippen LogP contribution in [-0.4, -0.2) is 11.0 Å². The van der Waals surface area contributed by atoms with Gasteiger partial charge in [0.2, 0.25) is 0 Å². The van der Waals surface area contributed by atoms with E-state index in [1.54, 1.807) is 12.4 Å². The molecule has 20 heavy (non-hydrogen) atoms. The number of halogens is 2. The molecule has 0 spiro atoms. The van der Waals surface area contributed by atoms with Gasteiger partial charge in [-0.3, -0.25) is 4.98 Å². The molecular formula is C15H16Br2N2O. The highest BCUT2D eigenvalue weighted by molar-refractivity contribution is 9.11.